The number of Topliss-reactive ketones (excluding diaryl/α,β-unsaturated/α-hetero) is 2. The van der Waals surface area contributed by atoms with Gasteiger partial charge in [0.15, 0.2) is 0 Å². The minimum atomic E-state index is -0.885. The van der Waals surface area contributed by atoms with E-state index in [-0.39, 0.29) is 30.1 Å². The third-order valence-electron chi connectivity index (χ3n) is 5.20. The van der Waals surface area contributed by atoms with Crippen LogP contribution in [0, 0.1) is 31.6 Å². The molecule has 0 spiro atoms. The first kappa shape index (κ1) is 21.1. The number of benzene rings is 1. The van der Waals surface area contributed by atoms with E-state index in [4.69, 9.17) is 0 Å². The van der Waals surface area contributed by atoms with E-state index in [0.717, 1.165) is 16.7 Å². The maximum absolute atomic E-state index is 12.9. The normalized spacial score (nSPS) is 18.4. The van der Waals surface area contributed by atoms with E-state index in [1.54, 1.807) is 19.1 Å². The molecule has 30 heavy (non-hydrogen) atoms. The Labute approximate surface area is 175 Å². The highest BCUT2D eigenvalue weighted by molar-refractivity contribution is 6.14. The number of ketones is 2. The largest absolute Gasteiger partial charge is 0.298 e. The van der Waals surface area contributed by atoms with Crippen LogP contribution in [-0.2, 0) is 14.4 Å². The number of carbonyl (C=O) groups is 4. The molecule has 2 aromatic rings. The Bertz CT molecular complexity index is 1050. The number of hydrogen-bond acceptors (Lipinski definition) is 5. The average molecular weight is 402 g/mol. The molecule has 6 nitrogen and oxygen atoms in total. The second-order valence-electron chi connectivity index (χ2n) is 7.40. The Balaban J connectivity index is 1.77. The molecule has 1 N–H and O–H groups in total. The summed E-state index contributed by atoms with van der Waals surface area (Å²) in [5.41, 5.74) is 3.27. The van der Waals surface area contributed by atoms with Gasteiger partial charge in [-0.3, -0.25) is 29.5 Å². The number of amides is 2. The molecular formula is C24H22N2O4. The van der Waals surface area contributed by atoms with E-state index in [0.29, 0.717) is 5.56 Å². The minimum absolute atomic E-state index is 0.0901. The zero-order valence-corrected chi connectivity index (χ0v) is 17.1. The maximum Gasteiger partial charge on any atom is 0.276 e. The molecule has 1 heterocycles. The van der Waals surface area contributed by atoms with Crippen LogP contribution in [0.4, 0.5) is 0 Å². The van der Waals surface area contributed by atoms with E-state index >= 15 is 0 Å². The third kappa shape index (κ3) is 4.36. The topological polar surface area (TPSA) is 93.2 Å². The molecule has 1 fully saturated rings. The van der Waals surface area contributed by atoms with Gasteiger partial charge < -0.3 is 0 Å². The Kier molecular flexibility index (Phi) is 6.22. The summed E-state index contributed by atoms with van der Waals surface area (Å²) in [7, 11) is 0. The summed E-state index contributed by atoms with van der Waals surface area (Å²) in [5, 5.41) is 2.25. The lowest BCUT2D eigenvalue weighted by Gasteiger charge is -2.27. The van der Waals surface area contributed by atoms with E-state index in [9.17, 15) is 19.2 Å². The third-order valence-corrected chi connectivity index (χ3v) is 5.20. The molecule has 1 aliphatic carbocycles. The molecule has 0 aliphatic heterocycles. The van der Waals surface area contributed by atoms with Crippen molar-refractivity contribution in [2.45, 2.75) is 39.5 Å². The fourth-order valence-electron chi connectivity index (χ4n) is 3.90. The molecule has 1 aromatic heterocycles. The van der Waals surface area contributed by atoms with Crippen molar-refractivity contribution < 1.29 is 19.2 Å². The van der Waals surface area contributed by atoms with E-state index in [1.807, 2.05) is 26.0 Å². The number of hydrogen-bond donors (Lipinski definition) is 1. The molecule has 152 valence electrons. The number of pyridine rings is 1. The molecule has 3 rings (SSSR count). The predicted octanol–water partition coefficient (Wildman–Crippen LogP) is 2.66. The van der Waals surface area contributed by atoms with Crippen LogP contribution in [0.5, 0.6) is 0 Å². The van der Waals surface area contributed by atoms with Gasteiger partial charge in [-0.1, -0.05) is 12.0 Å². The second kappa shape index (κ2) is 8.83. The smallest absolute Gasteiger partial charge is 0.276 e. The Morgan fingerprint density at radius 3 is 2.23 bits per heavy atom. The van der Waals surface area contributed by atoms with Gasteiger partial charge in [0.05, 0.1) is 5.92 Å². The molecule has 0 bridgehead atoms. The van der Waals surface area contributed by atoms with Crippen molar-refractivity contribution in [2.75, 3.05) is 0 Å². The first-order valence-corrected chi connectivity index (χ1v) is 9.67. The van der Waals surface area contributed by atoms with Crippen LogP contribution in [0.1, 0.15) is 58.4 Å². The lowest BCUT2D eigenvalue weighted by atomic mass is 9.74. The number of aryl methyl sites for hydroxylation is 2. The van der Waals surface area contributed by atoms with E-state index in [1.165, 1.54) is 12.3 Å². The average Bonchev–Trinajstić information content (AvgIpc) is 2.70. The van der Waals surface area contributed by atoms with Crippen molar-refractivity contribution in [1.82, 2.24) is 10.3 Å². The van der Waals surface area contributed by atoms with E-state index in [2.05, 4.69) is 22.1 Å². The van der Waals surface area contributed by atoms with Gasteiger partial charge in [-0.05, 0) is 61.7 Å². The summed E-state index contributed by atoms with van der Waals surface area (Å²) in [6, 6.07) is 8.50. The highest BCUT2D eigenvalue weighted by Gasteiger charge is 2.40. The quantitative estimate of drug-likeness (QED) is 0.484. The van der Waals surface area contributed by atoms with Crippen molar-refractivity contribution in [3.63, 3.8) is 0 Å². The predicted molar refractivity (Wildman–Crippen MR) is 111 cm³/mol. The Morgan fingerprint density at radius 1 is 1.07 bits per heavy atom. The van der Waals surface area contributed by atoms with Crippen LogP contribution in [-0.4, -0.2) is 28.4 Å². The monoisotopic (exact) mass is 402 g/mol. The van der Waals surface area contributed by atoms with Gasteiger partial charge >= 0.3 is 0 Å². The number of nitrogens with zero attached hydrogens (tertiary/aromatic N) is 1. The highest BCUT2D eigenvalue weighted by atomic mass is 16.2. The van der Waals surface area contributed by atoms with Crippen LogP contribution < -0.4 is 5.32 Å². The van der Waals surface area contributed by atoms with Gasteiger partial charge in [0.25, 0.3) is 5.91 Å². The Hall–Kier alpha value is -3.59. The molecule has 6 heteroatoms. The summed E-state index contributed by atoms with van der Waals surface area (Å²) in [4.78, 5) is 54.3. The number of carbonyl (C=O) groups excluding carboxylic acids is 4. The molecule has 0 unspecified atom stereocenters. The fraction of sp³-hybridized carbons (Fsp3) is 0.292. The summed E-state index contributed by atoms with van der Waals surface area (Å²) >= 11 is 0. The zero-order valence-electron chi connectivity index (χ0n) is 17.1. The van der Waals surface area contributed by atoms with Gasteiger partial charge in [0.2, 0.25) is 5.91 Å². The van der Waals surface area contributed by atoms with Gasteiger partial charge in [-0.15, -0.1) is 5.92 Å². The van der Waals surface area contributed by atoms with Crippen LogP contribution in [0.3, 0.4) is 0 Å². The molecule has 1 aromatic carbocycles. The first-order chi connectivity index (χ1) is 14.3. The van der Waals surface area contributed by atoms with Crippen molar-refractivity contribution in [2.24, 2.45) is 5.92 Å². The summed E-state index contributed by atoms with van der Waals surface area (Å²) in [5.74, 6) is 2.18. The zero-order chi connectivity index (χ0) is 21.8. The summed E-state index contributed by atoms with van der Waals surface area (Å²) in [6.07, 6.45) is 1.26. The van der Waals surface area contributed by atoms with Crippen molar-refractivity contribution in [3.05, 3.63) is 64.5 Å². The number of nitrogens with one attached hydrogen (secondary N) is 1. The molecule has 0 atom stereocenters. The SMILES string of the molecule is CC#Cc1cc(C)c(C2C(=O)CC(C(=O)NC(=O)c3ccccn3)CC2=O)c(C)c1. The van der Waals surface area contributed by atoms with Gasteiger partial charge in [-0.25, -0.2) is 0 Å². The maximum atomic E-state index is 12.9. The van der Waals surface area contributed by atoms with Crippen LogP contribution in [0.15, 0.2) is 36.5 Å². The van der Waals surface area contributed by atoms with Crippen molar-refractivity contribution >= 4 is 23.4 Å². The van der Waals surface area contributed by atoms with Gasteiger partial charge in [0.1, 0.15) is 23.2 Å². The second-order valence-corrected chi connectivity index (χ2v) is 7.40. The molecule has 2 amide bonds. The number of rotatable bonds is 3. The highest BCUT2D eigenvalue weighted by Crippen LogP contribution is 2.34. The van der Waals surface area contributed by atoms with Gasteiger partial charge in [-0.2, -0.15) is 0 Å². The molecule has 0 saturated heterocycles. The number of imide groups is 1. The molecular weight excluding hydrogens is 380 g/mol. The van der Waals surface area contributed by atoms with Crippen LogP contribution >= 0.6 is 0 Å². The first-order valence-electron chi connectivity index (χ1n) is 9.67. The molecule has 1 aliphatic rings. The van der Waals surface area contributed by atoms with Crippen LogP contribution in [0.25, 0.3) is 0 Å². The summed E-state index contributed by atoms with van der Waals surface area (Å²) in [6.45, 7) is 5.46. The lowest BCUT2D eigenvalue weighted by Crippen LogP contribution is -2.42. The Morgan fingerprint density at radius 2 is 1.70 bits per heavy atom. The lowest BCUT2D eigenvalue weighted by molar-refractivity contribution is -0.139. The fourth-order valence-corrected chi connectivity index (χ4v) is 3.90. The van der Waals surface area contributed by atoms with Crippen molar-refractivity contribution in [3.8, 4) is 11.8 Å². The van der Waals surface area contributed by atoms with Crippen molar-refractivity contribution in [1.29, 1.82) is 0 Å². The standard InChI is InChI=1S/C24H22N2O4/c1-4-7-16-10-14(2)21(15(3)11-16)22-19(27)12-17(13-20(22)28)23(29)26-24(30)18-8-5-6-9-25-18/h5-6,8-11,17,22H,12-13H2,1-3H3,(H,26,29,30). The van der Waals surface area contributed by atoms with Gasteiger partial charge in [0, 0.05) is 24.6 Å². The summed E-state index contributed by atoms with van der Waals surface area (Å²) < 4.78 is 0. The van der Waals surface area contributed by atoms with E-state index < -0.39 is 23.7 Å². The molecule has 1 saturated carbocycles. The van der Waals surface area contributed by atoms with Crippen LogP contribution in [0.2, 0.25) is 0 Å². The molecule has 0 radical (unpaired) electrons. The number of aromatic nitrogens is 1. The minimum Gasteiger partial charge on any atom is -0.298 e.